The second-order valence-electron chi connectivity index (χ2n) is 2.32. The molecule has 13 heavy (non-hydrogen) atoms. The van der Waals surface area contributed by atoms with Crippen molar-refractivity contribution in [1.29, 1.82) is 0 Å². The third-order valence-electron chi connectivity index (χ3n) is 1.44. The van der Waals surface area contributed by atoms with Gasteiger partial charge in [-0.3, -0.25) is 4.99 Å². The molecule has 0 saturated carbocycles. The van der Waals surface area contributed by atoms with E-state index in [9.17, 15) is 0 Å². The Labute approximate surface area is 76.6 Å². The van der Waals surface area contributed by atoms with Crippen molar-refractivity contribution in [2.75, 3.05) is 13.7 Å². The molecule has 0 aromatic carbocycles. The Hall–Kier alpha value is -1.65. The maximum Gasteiger partial charge on any atom is 0.233 e. The average molecular weight is 180 g/mol. The lowest BCUT2D eigenvalue weighted by Crippen LogP contribution is -2.16. The van der Waals surface area contributed by atoms with E-state index in [1.54, 1.807) is 12.1 Å². The summed E-state index contributed by atoms with van der Waals surface area (Å²) in [4.78, 5) is 4.00. The molecule has 0 atom stereocenters. The van der Waals surface area contributed by atoms with Gasteiger partial charge >= 0.3 is 0 Å². The molecule has 0 radical (unpaired) electrons. The molecule has 0 bridgehead atoms. The molecule has 1 rings (SSSR count). The number of ether oxygens (including phenoxy) is 1. The Kier molecular flexibility index (Phi) is 3.19. The van der Waals surface area contributed by atoms with E-state index in [2.05, 4.69) is 15.2 Å². The zero-order valence-corrected chi connectivity index (χ0v) is 7.69. The number of rotatable bonds is 3. The van der Waals surface area contributed by atoms with Gasteiger partial charge in [0.25, 0.3) is 0 Å². The van der Waals surface area contributed by atoms with Crippen LogP contribution in [0.1, 0.15) is 12.6 Å². The summed E-state index contributed by atoms with van der Waals surface area (Å²) in [6.07, 6.45) is 0. The minimum atomic E-state index is 0.401. The molecule has 1 aromatic heterocycles. The van der Waals surface area contributed by atoms with E-state index in [1.165, 1.54) is 7.11 Å². The predicted octanol–water partition coefficient (Wildman–Crippen LogP) is 0.210. The fourth-order valence-corrected chi connectivity index (χ4v) is 0.817. The van der Waals surface area contributed by atoms with E-state index >= 15 is 0 Å². The van der Waals surface area contributed by atoms with E-state index < -0.39 is 0 Å². The Morgan fingerprint density at radius 1 is 1.54 bits per heavy atom. The number of nitrogens with two attached hydrogens (primary N) is 1. The molecule has 0 aliphatic heterocycles. The first-order valence-corrected chi connectivity index (χ1v) is 3.96. The van der Waals surface area contributed by atoms with Gasteiger partial charge in [0.2, 0.25) is 5.88 Å². The average Bonchev–Trinajstić information content (AvgIpc) is 2.18. The highest BCUT2D eigenvalue weighted by Crippen LogP contribution is 2.02. The van der Waals surface area contributed by atoms with Crippen LogP contribution in [0.25, 0.3) is 0 Å². The molecule has 5 nitrogen and oxygen atoms in total. The van der Waals surface area contributed by atoms with Crippen LogP contribution in [-0.2, 0) is 0 Å². The van der Waals surface area contributed by atoms with E-state index in [0.717, 1.165) is 0 Å². The van der Waals surface area contributed by atoms with Gasteiger partial charge in [0.15, 0.2) is 0 Å². The second-order valence-corrected chi connectivity index (χ2v) is 2.32. The molecule has 2 N–H and O–H groups in total. The van der Waals surface area contributed by atoms with Crippen LogP contribution < -0.4 is 10.5 Å². The van der Waals surface area contributed by atoms with Crippen LogP contribution in [0.4, 0.5) is 0 Å². The van der Waals surface area contributed by atoms with Crippen LogP contribution >= 0.6 is 0 Å². The molecule has 0 saturated heterocycles. The Morgan fingerprint density at radius 3 is 2.77 bits per heavy atom. The first-order chi connectivity index (χ1) is 6.27. The van der Waals surface area contributed by atoms with Crippen molar-refractivity contribution in [1.82, 2.24) is 10.2 Å². The monoisotopic (exact) mass is 180 g/mol. The van der Waals surface area contributed by atoms with E-state index in [1.807, 2.05) is 6.92 Å². The lowest BCUT2D eigenvalue weighted by molar-refractivity contribution is 0.392. The van der Waals surface area contributed by atoms with E-state index in [-0.39, 0.29) is 0 Å². The summed E-state index contributed by atoms with van der Waals surface area (Å²) in [7, 11) is 1.53. The highest BCUT2D eigenvalue weighted by molar-refractivity contribution is 5.95. The first-order valence-electron chi connectivity index (χ1n) is 3.96. The van der Waals surface area contributed by atoms with Gasteiger partial charge < -0.3 is 10.5 Å². The zero-order chi connectivity index (χ0) is 9.68. The van der Waals surface area contributed by atoms with Gasteiger partial charge in [-0.25, -0.2) is 0 Å². The van der Waals surface area contributed by atoms with Crippen molar-refractivity contribution in [3.05, 3.63) is 17.8 Å². The summed E-state index contributed by atoms with van der Waals surface area (Å²) < 4.78 is 4.85. The molecule has 5 heteroatoms. The molecule has 0 aliphatic carbocycles. The Bertz CT molecular complexity index is 294. The quantitative estimate of drug-likeness (QED) is 0.533. The molecular formula is C8H12N4O. The molecule has 70 valence electrons. The molecule has 0 spiro atoms. The van der Waals surface area contributed by atoms with E-state index in [0.29, 0.717) is 24.0 Å². The summed E-state index contributed by atoms with van der Waals surface area (Å²) in [5.41, 5.74) is 6.18. The highest BCUT2D eigenvalue weighted by atomic mass is 16.5. The molecule has 0 amide bonds. The molecule has 0 aliphatic rings. The van der Waals surface area contributed by atoms with Crippen LogP contribution in [-0.4, -0.2) is 29.7 Å². The van der Waals surface area contributed by atoms with Gasteiger partial charge in [0.05, 0.1) is 7.11 Å². The number of amidine groups is 1. The lowest BCUT2D eigenvalue weighted by Gasteiger charge is -1.99. The SMILES string of the molecule is CCN=C(N)c1ccc(OC)nn1. The van der Waals surface area contributed by atoms with Gasteiger partial charge in [-0.1, -0.05) is 0 Å². The van der Waals surface area contributed by atoms with Gasteiger partial charge in [-0.15, -0.1) is 10.2 Å². The highest BCUT2D eigenvalue weighted by Gasteiger charge is 2.00. The van der Waals surface area contributed by atoms with Crippen LogP contribution in [0.2, 0.25) is 0 Å². The molecular weight excluding hydrogens is 168 g/mol. The van der Waals surface area contributed by atoms with Crippen molar-refractivity contribution in [2.45, 2.75) is 6.92 Å². The number of nitrogens with zero attached hydrogens (tertiary/aromatic N) is 3. The molecule has 0 fully saturated rings. The van der Waals surface area contributed by atoms with Gasteiger partial charge in [-0.05, 0) is 13.0 Å². The number of methoxy groups -OCH3 is 1. The minimum Gasteiger partial charge on any atom is -0.480 e. The smallest absolute Gasteiger partial charge is 0.233 e. The molecule has 0 unspecified atom stereocenters. The summed E-state index contributed by atoms with van der Waals surface area (Å²) in [6.45, 7) is 2.54. The topological polar surface area (TPSA) is 73.4 Å². The Balaban J connectivity index is 2.85. The maximum absolute atomic E-state index is 5.60. The molecule has 1 aromatic rings. The zero-order valence-electron chi connectivity index (χ0n) is 7.69. The second kappa shape index (κ2) is 4.39. The third kappa shape index (κ3) is 2.40. The summed E-state index contributed by atoms with van der Waals surface area (Å²) in [5, 5.41) is 7.60. The maximum atomic E-state index is 5.60. The fourth-order valence-electron chi connectivity index (χ4n) is 0.817. The van der Waals surface area contributed by atoms with Crippen LogP contribution in [0.3, 0.4) is 0 Å². The fraction of sp³-hybridized carbons (Fsp3) is 0.375. The standard InChI is InChI=1S/C8H12N4O/c1-3-10-8(9)6-4-5-7(13-2)12-11-6/h4-5H,3H2,1-2H3,(H2,9,10). The summed E-state index contributed by atoms with van der Waals surface area (Å²) in [6, 6.07) is 3.42. The molecule has 1 heterocycles. The van der Waals surface area contributed by atoms with Gasteiger partial charge in [0, 0.05) is 12.6 Å². The number of hydrogen-bond acceptors (Lipinski definition) is 4. The van der Waals surface area contributed by atoms with Crippen molar-refractivity contribution in [3.8, 4) is 5.88 Å². The van der Waals surface area contributed by atoms with Crippen molar-refractivity contribution >= 4 is 5.84 Å². The minimum absolute atomic E-state index is 0.401. The largest absolute Gasteiger partial charge is 0.480 e. The lowest BCUT2D eigenvalue weighted by atomic mass is 10.3. The van der Waals surface area contributed by atoms with E-state index in [4.69, 9.17) is 10.5 Å². The summed E-state index contributed by atoms with van der Waals surface area (Å²) in [5.74, 6) is 0.866. The first kappa shape index (κ1) is 9.44. The third-order valence-corrected chi connectivity index (χ3v) is 1.44. The van der Waals surface area contributed by atoms with Gasteiger partial charge in [0.1, 0.15) is 11.5 Å². The normalized spacial score (nSPS) is 11.4. The van der Waals surface area contributed by atoms with Crippen molar-refractivity contribution in [2.24, 2.45) is 10.7 Å². The number of hydrogen-bond donors (Lipinski definition) is 1. The van der Waals surface area contributed by atoms with Crippen LogP contribution in [0, 0.1) is 0 Å². The number of aliphatic imine (C=N–C) groups is 1. The summed E-state index contributed by atoms with van der Waals surface area (Å²) >= 11 is 0. The van der Waals surface area contributed by atoms with Crippen LogP contribution in [0.5, 0.6) is 5.88 Å². The van der Waals surface area contributed by atoms with Crippen LogP contribution in [0.15, 0.2) is 17.1 Å². The number of aromatic nitrogens is 2. The van der Waals surface area contributed by atoms with Crippen molar-refractivity contribution in [3.63, 3.8) is 0 Å². The van der Waals surface area contributed by atoms with Crippen molar-refractivity contribution < 1.29 is 4.74 Å². The van der Waals surface area contributed by atoms with Gasteiger partial charge in [-0.2, -0.15) is 0 Å². The predicted molar refractivity (Wildman–Crippen MR) is 49.8 cm³/mol. The Morgan fingerprint density at radius 2 is 2.31 bits per heavy atom.